The van der Waals surface area contributed by atoms with Crippen LogP contribution >= 0.6 is 11.6 Å². The molecule has 3 N–H and O–H groups in total. The SMILES string of the molecule is OCC(O)CNc1ccc(OCCn2cc(Cl)cn2)c(F)c1. The van der Waals surface area contributed by atoms with Gasteiger partial charge in [0, 0.05) is 24.5 Å². The van der Waals surface area contributed by atoms with Crippen molar-refractivity contribution in [1.29, 1.82) is 0 Å². The molecule has 0 saturated carbocycles. The van der Waals surface area contributed by atoms with Gasteiger partial charge in [-0.3, -0.25) is 4.68 Å². The molecule has 8 heteroatoms. The molecular formula is C14H17ClFN3O3. The smallest absolute Gasteiger partial charge is 0.167 e. The van der Waals surface area contributed by atoms with Crippen molar-refractivity contribution in [2.75, 3.05) is 25.1 Å². The standard InChI is InChI=1S/C14H17ClFN3O3/c15-10-6-18-19(8-10)3-4-22-14-2-1-11(5-13(14)16)17-7-12(21)9-20/h1-2,5-6,8,12,17,20-21H,3-4,7,9H2. The normalized spacial score (nSPS) is 12.2. The molecule has 0 aliphatic heterocycles. The van der Waals surface area contributed by atoms with Gasteiger partial charge in [0.1, 0.15) is 6.61 Å². The van der Waals surface area contributed by atoms with Gasteiger partial charge in [-0.1, -0.05) is 11.6 Å². The largest absolute Gasteiger partial charge is 0.489 e. The lowest BCUT2D eigenvalue weighted by Crippen LogP contribution is -2.22. The van der Waals surface area contributed by atoms with Crippen molar-refractivity contribution in [3.05, 3.63) is 41.4 Å². The highest BCUT2D eigenvalue weighted by molar-refractivity contribution is 6.30. The minimum atomic E-state index is -0.889. The van der Waals surface area contributed by atoms with E-state index in [0.29, 0.717) is 17.3 Å². The van der Waals surface area contributed by atoms with E-state index in [0.717, 1.165) is 0 Å². The molecule has 2 aromatic rings. The van der Waals surface area contributed by atoms with E-state index in [2.05, 4.69) is 10.4 Å². The van der Waals surface area contributed by atoms with E-state index < -0.39 is 11.9 Å². The summed E-state index contributed by atoms with van der Waals surface area (Å²) in [7, 11) is 0. The summed E-state index contributed by atoms with van der Waals surface area (Å²) in [6.07, 6.45) is 2.28. The quantitative estimate of drug-likeness (QED) is 0.684. The molecule has 1 unspecified atom stereocenters. The summed E-state index contributed by atoms with van der Waals surface area (Å²) in [5, 5.41) is 25.3. The molecule has 22 heavy (non-hydrogen) atoms. The molecule has 0 bridgehead atoms. The van der Waals surface area contributed by atoms with Gasteiger partial charge in [-0.15, -0.1) is 0 Å². The molecule has 0 radical (unpaired) electrons. The number of aliphatic hydroxyl groups excluding tert-OH is 2. The zero-order valence-corrected chi connectivity index (χ0v) is 12.5. The van der Waals surface area contributed by atoms with Crippen LogP contribution in [-0.2, 0) is 6.54 Å². The van der Waals surface area contributed by atoms with Gasteiger partial charge in [-0.25, -0.2) is 4.39 Å². The third-order valence-electron chi connectivity index (χ3n) is 2.86. The van der Waals surface area contributed by atoms with Crippen molar-refractivity contribution in [3.8, 4) is 5.75 Å². The van der Waals surface area contributed by atoms with Gasteiger partial charge in [0.05, 0.1) is 30.5 Å². The van der Waals surface area contributed by atoms with Crippen LogP contribution in [0.15, 0.2) is 30.6 Å². The van der Waals surface area contributed by atoms with Gasteiger partial charge in [0.15, 0.2) is 11.6 Å². The van der Waals surface area contributed by atoms with Crippen LogP contribution in [0.5, 0.6) is 5.75 Å². The van der Waals surface area contributed by atoms with E-state index in [1.165, 1.54) is 18.3 Å². The molecule has 0 spiro atoms. The van der Waals surface area contributed by atoms with Crippen molar-refractivity contribution in [2.45, 2.75) is 12.6 Å². The van der Waals surface area contributed by atoms with Crippen molar-refractivity contribution in [3.63, 3.8) is 0 Å². The van der Waals surface area contributed by atoms with Crippen molar-refractivity contribution in [1.82, 2.24) is 9.78 Å². The van der Waals surface area contributed by atoms with Crippen LogP contribution in [0.1, 0.15) is 0 Å². The Morgan fingerprint density at radius 2 is 2.27 bits per heavy atom. The fourth-order valence-corrected chi connectivity index (χ4v) is 1.89. The van der Waals surface area contributed by atoms with E-state index >= 15 is 0 Å². The lowest BCUT2D eigenvalue weighted by molar-refractivity contribution is 0.105. The summed E-state index contributed by atoms with van der Waals surface area (Å²) in [4.78, 5) is 0. The topological polar surface area (TPSA) is 79.5 Å². The Balaban J connectivity index is 1.84. The first-order valence-electron chi connectivity index (χ1n) is 6.71. The number of hydrogen-bond acceptors (Lipinski definition) is 5. The Hall–Kier alpha value is -1.83. The number of ether oxygens (including phenoxy) is 1. The van der Waals surface area contributed by atoms with Crippen LogP contribution in [0.25, 0.3) is 0 Å². The van der Waals surface area contributed by atoms with E-state index in [4.69, 9.17) is 21.4 Å². The molecule has 0 aliphatic rings. The second-order valence-corrected chi connectivity index (χ2v) is 5.07. The van der Waals surface area contributed by atoms with Gasteiger partial charge >= 0.3 is 0 Å². The Morgan fingerprint density at radius 3 is 2.91 bits per heavy atom. The van der Waals surface area contributed by atoms with Gasteiger partial charge < -0.3 is 20.3 Å². The molecule has 0 amide bonds. The van der Waals surface area contributed by atoms with E-state index in [9.17, 15) is 9.50 Å². The molecule has 0 saturated heterocycles. The number of anilines is 1. The van der Waals surface area contributed by atoms with Crippen molar-refractivity contribution >= 4 is 17.3 Å². The molecular weight excluding hydrogens is 313 g/mol. The highest BCUT2D eigenvalue weighted by atomic mass is 35.5. The van der Waals surface area contributed by atoms with Crippen LogP contribution in [0.3, 0.4) is 0 Å². The maximum atomic E-state index is 13.9. The molecule has 2 rings (SSSR count). The van der Waals surface area contributed by atoms with E-state index in [-0.39, 0.29) is 25.5 Å². The predicted molar refractivity (Wildman–Crippen MR) is 80.7 cm³/mol. The highest BCUT2D eigenvalue weighted by Gasteiger charge is 2.07. The Morgan fingerprint density at radius 1 is 1.45 bits per heavy atom. The van der Waals surface area contributed by atoms with Gasteiger partial charge in [-0.2, -0.15) is 5.10 Å². The number of rotatable bonds is 8. The van der Waals surface area contributed by atoms with Crippen molar-refractivity contribution < 1.29 is 19.3 Å². The average Bonchev–Trinajstić information content (AvgIpc) is 2.92. The van der Waals surface area contributed by atoms with Crippen molar-refractivity contribution in [2.24, 2.45) is 0 Å². The second kappa shape index (κ2) is 7.98. The maximum absolute atomic E-state index is 13.9. The molecule has 0 aliphatic carbocycles. The van der Waals surface area contributed by atoms with Crippen LogP contribution in [0.4, 0.5) is 10.1 Å². The molecule has 120 valence electrons. The lowest BCUT2D eigenvalue weighted by Gasteiger charge is -2.12. The zero-order valence-electron chi connectivity index (χ0n) is 11.7. The van der Waals surface area contributed by atoms with Gasteiger partial charge in [-0.05, 0) is 12.1 Å². The van der Waals surface area contributed by atoms with Crippen LogP contribution in [0, 0.1) is 5.82 Å². The number of nitrogens with one attached hydrogen (secondary N) is 1. The minimum absolute atomic E-state index is 0.131. The van der Waals surface area contributed by atoms with Crippen LogP contribution in [-0.4, -0.2) is 45.9 Å². The molecule has 6 nitrogen and oxygen atoms in total. The summed E-state index contributed by atoms with van der Waals surface area (Å²) in [5.41, 5.74) is 0.496. The number of aliphatic hydroxyl groups is 2. The fourth-order valence-electron chi connectivity index (χ4n) is 1.74. The Labute approximate surface area is 132 Å². The summed E-state index contributed by atoms with van der Waals surface area (Å²) in [5.74, 6) is -0.381. The maximum Gasteiger partial charge on any atom is 0.167 e. The number of halogens is 2. The van der Waals surface area contributed by atoms with E-state index in [1.807, 2.05) is 0 Å². The summed E-state index contributed by atoms with van der Waals surface area (Å²) >= 11 is 5.74. The minimum Gasteiger partial charge on any atom is -0.489 e. The molecule has 1 aromatic heterocycles. The highest BCUT2D eigenvalue weighted by Crippen LogP contribution is 2.21. The molecule has 0 fully saturated rings. The zero-order chi connectivity index (χ0) is 15.9. The van der Waals surface area contributed by atoms with Crippen LogP contribution < -0.4 is 10.1 Å². The first-order chi connectivity index (χ1) is 10.6. The van der Waals surface area contributed by atoms with E-state index in [1.54, 1.807) is 16.9 Å². The monoisotopic (exact) mass is 329 g/mol. The third-order valence-corrected chi connectivity index (χ3v) is 3.06. The van der Waals surface area contributed by atoms with Crippen LogP contribution in [0.2, 0.25) is 5.02 Å². The van der Waals surface area contributed by atoms with Gasteiger partial charge in [0.2, 0.25) is 0 Å². The molecule has 1 aromatic carbocycles. The molecule has 1 atom stereocenters. The van der Waals surface area contributed by atoms with Gasteiger partial charge in [0.25, 0.3) is 0 Å². The average molecular weight is 330 g/mol. The third kappa shape index (κ3) is 4.87. The first-order valence-corrected chi connectivity index (χ1v) is 7.09. The molecule has 1 heterocycles. The number of benzene rings is 1. The lowest BCUT2D eigenvalue weighted by atomic mass is 10.2. The number of hydrogen-bond donors (Lipinski definition) is 3. The number of aromatic nitrogens is 2. The second-order valence-electron chi connectivity index (χ2n) is 4.63. The predicted octanol–water partition coefficient (Wildman–Crippen LogP) is 1.52. The number of nitrogens with zero attached hydrogens (tertiary/aromatic N) is 2. The summed E-state index contributed by atoms with van der Waals surface area (Å²) in [6, 6.07) is 4.40. The Kier molecular flexibility index (Phi) is 6.00. The summed E-state index contributed by atoms with van der Waals surface area (Å²) < 4.78 is 20.8. The Bertz CT molecular complexity index is 609. The summed E-state index contributed by atoms with van der Waals surface area (Å²) in [6.45, 7) is 0.490. The first kappa shape index (κ1) is 16.5. The fraction of sp³-hybridized carbons (Fsp3) is 0.357.